The SMILES string of the molecule is C=CC(O)COc1cc(C#N)ccc1O.C=CC1COc2cc(C#N)ccc2O1.CCCC1COc2cc(C#N)c([N+](=O)[O-])cc2O1.Cc1ccc(C#N)cc1O.Cc1ccc(C#N)cc1OCC1OCCO1.N#Cc1cc2c(cc1N)OC(CCO)CO2.N#Cc1ccc(O)c(OCC2OCCO2)c1.N#Cc1ccc2c(c1)OCC(CCO)O2.N#Cc1ccc2c(c1)OCC(O)O2. The summed E-state index contributed by atoms with van der Waals surface area (Å²) in [5.41, 5.74) is 11.5. The summed E-state index contributed by atoms with van der Waals surface area (Å²) in [5, 5.41) is 153. The number of nitrogens with zero attached hydrogens (tertiary/aromatic N) is 10. The number of aliphatic hydroxyl groups is 4. The summed E-state index contributed by atoms with van der Waals surface area (Å²) >= 11 is 0. The fourth-order valence-corrected chi connectivity index (χ4v) is 11.8. The lowest BCUT2D eigenvalue weighted by Gasteiger charge is -2.26. The number of nitrogens with two attached hydrogens (primary N) is 1. The number of phenolic OH excluding ortho intramolecular Hbond substituents is 3. The highest BCUT2D eigenvalue weighted by Gasteiger charge is 2.29. The van der Waals surface area contributed by atoms with Gasteiger partial charge >= 0.3 is 0 Å². The molecule has 0 spiro atoms. The lowest BCUT2D eigenvalue weighted by atomic mass is 10.1. The molecule has 9 aromatic rings. The highest BCUT2D eigenvalue weighted by atomic mass is 16.7. The molecular formula is C96H93N11O26. The molecule has 6 unspecified atom stereocenters. The normalized spacial score (nSPS) is 16.1. The number of rotatable bonds is 18. The second-order valence-corrected chi connectivity index (χ2v) is 28.4. The fraction of sp³-hybridized carbons (Fsp3) is 0.302. The molecule has 7 heterocycles. The average Bonchev–Trinajstić information content (AvgIpc) is 1.12. The van der Waals surface area contributed by atoms with E-state index in [1.54, 1.807) is 110 Å². The van der Waals surface area contributed by atoms with Gasteiger partial charge in [0, 0.05) is 74.6 Å². The van der Waals surface area contributed by atoms with Crippen LogP contribution in [0.1, 0.15) is 93.8 Å². The Morgan fingerprint density at radius 1 is 0.444 bits per heavy atom. The van der Waals surface area contributed by atoms with Crippen molar-refractivity contribution in [2.24, 2.45) is 0 Å². The third-order valence-electron chi connectivity index (χ3n) is 18.7. The standard InChI is InChI=1S/C12H12N2O4.C12H13NO3.C11H12N2O3.C11H11NO4.2C11H11NO3.C11H9NO2.C9H7NO3.C8H7NO/c1-2-3-9-7-17-11-4-8(6-13)10(14(15)16)5-12(11)18-9;1-9-2-3-10(7-13)6-11(9)16-8-12-14-4-5-15-12;12-5-7-3-10-11(4-9(7)13)16-8(1-2-14)6-15-10;12-6-8-1-2-9(13)10(5-8)16-7-11-14-3-4-15-11;12-6-8-1-2-10-11(5-8)14-7-9(15-10)3-4-13;1-2-9(13)7-15-11-5-8(6-12)3-4-10(11)14;1-2-9-7-13-11-5-8(6-12)3-4-10(11)14-9;10-4-6-1-2-7-8(3-6)12-5-9(11)13-7;1-6-2-3-7(5-9)4-8(6)10/h4-5,9H,2-3,7H2,1H3;2-3,6,12H,4-5,8H2,1H3;3-4,8,14H,1-2,6,13H2;1-2,5,11,13H,3-4,7H2;1-2,5,9,13H,3-4,7H2;2-5,9,13-14H,1,7H2;2-5,9H,1,7H2;1-3,9,11H,5H2;2-4,10H,1H3. The molecule has 6 atom stereocenters. The minimum atomic E-state index is -0.916. The van der Waals surface area contributed by atoms with E-state index in [4.69, 9.17) is 159 Å². The first-order valence-electron chi connectivity index (χ1n) is 40.9. The lowest BCUT2D eigenvalue weighted by molar-refractivity contribution is -0.385. The molecule has 7 aliphatic rings. The molecule has 0 aromatic heterocycles. The number of nitro groups is 1. The van der Waals surface area contributed by atoms with E-state index in [9.17, 15) is 20.3 Å². The smallest absolute Gasteiger partial charge is 0.291 e. The number of ether oxygens (including phenoxy) is 17. The van der Waals surface area contributed by atoms with Crippen LogP contribution in [0.4, 0.5) is 11.4 Å². The fourth-order valence-electron chi connectivity index (χ4n) is 11.8. The van der Waals surface area contributed by atoms with Crippen molar-refractivity contribution in [2.75, 3.05) is 98.2 Å². The van der Waals surface area contributed by atoms with Crippen LogP contribution in [0.3, 0.4) is 0 Å². The van der Waals surface area contributed by atoms with Gasteiger partial charge in [-0.3, -0.25) is 10.1 Å². The number of aromatic hydroxyl groups is 3. The van der Waals surface area contributed by atoms with Crippen molar-refractivity contribution >= 4 is 11.4 Å². The number of hydrogen-bond acceptors (Lipinski definition) is 36. The van der Waals surface area contributed by atoms with Gasteiger partial charge in [-0.15, -0.1) is 6.58 Å². The van der Waals surface area contributed by atoms with Gasteiger partial charge in [0.05, 0.1) is 130 Å². The molecule has 0 saturated carbocycles. The molecule has 688 valence electrons. The van der Waals surface area contributed by atoms with Crippen LogP contribution >= 0.6 is 0 Å². The van der Waals surface area contributed by atoms with Crippen LogP contribution in [0.2, 0.25) is 0 Å². The van der Waals surface area contributed by atoms with Crippen LogP contribution in [0.15, 0.2) is 177 Å². The van der Waals surface area contributed by atoms with Crippen LogP contribution in [0.25, 0.3) is 0 Å². The Morgan fingerprint density at radius 2 is 0.827 bits per heavy atom. The second kappa shape index (κ2) is 53.4. The van der Waals surface area contributed by atoms with E-state index in [-0.39, 0.29) is 104 Å². The Labute approximate surface area is 765 Å². The topological polar surface area (TPSA) is 582 Å². The molecule has 2 saturated heterocycles. The molecule has 133 heavy (non-hydrogen) atoms. The number of aryl methyl sites for hydroxylation is 2. The van der Waals surface area contributed by atoms with E-state index < -0.39 is 23.6 Å². The van der Waals surface area contributed by atoms with Crippen LogP contribution in [0.5, 0.6) is 92.0 Å². The van der Waals surface area contributed by atoms with Crippen molar-refractivity contribution in [3.8, 4) is 147 Å². The number of fused-ring (bicyclic) bond motifs is 5. The Morgan fingerprint density at radius 3 is 1.28 bits per heavy atom. The molecule has 16 rings (SSSR count). The maximum Gasteiger partial charge on any atom is 0.291 e. The van der Waals surface area contributed by atoms with Gasteiger partial charge in [0.15, 0.2) is 106 Å². The van der Waals surface area contributed by atoms with Crippen molar-refractivity contribution in [1.29, 1.82) is 47.4 Å². The zero-order valence-electron chi connectivity index (χ0n) is 72.3. The molecule has 9 N–H and O–H groups in total. The van der Waals surface area contributed by atoms with E-state index in [0.29, 0.717) is 186 Å². The molecule has 0 radical (unpaired) electrons. The predicted octanol–water partition coefficient (Wildman–Crippen LogP) is 12.1. The van der Waals surface area contributed by atoms with Gasteiger partial charge in [-0.2, -0.15) is 47.4 Å². The predicted molar refractivity (Wildman–Crippen MR) is 470 cm³/mol. The van der Waals surface area contributed by atoms with E-state index >= 15 is 0 Å². The van der Waals surface area contributed by atoms with Crippen LogP contribution in [0, 0.1) is 126 Å². The molecule has 9 aromatic carbocycles. The summed E-state index contributed by atoms with van der Waals surface area (Å²) in [7, 11) is 0. The molecule has 37 nitrogen and oxygen atoms in total. The van der Waals surface area contributed by atoms with Gasteiger partial charge in [0.2, 0.25) is 6.29 Å². The Bertz CT molecular complexity index is 5790. The van der Waals surface area contributed by atoms with Crippen molar-refractivity contribution in [2.45, 2.75) is 95.8 Å². The summed E-state index contributed by atoms with van der Waals surface area (Å²) in [5.74, 6) is 6.55. The van der Waals surface area contributed by atoms with E-state index in [0.717, 1.165) is 24.0 Å². The highest BCUT2D eigenvalue weighted by molar-refractivity contribution is 5.63. The number of benzene rings is 9. The van der Waals surface area contributed by atoms with Crippen molar-refractivity contribution in [3.05, 3.63) is 248 Å². The quantitative estimate of drug-likeness (QED) is 0.0171. The molecule has 37 heteroatoms. The Kier molecular flexibility index (Phi) is 40.9. The van der Waals surface area contributed by atoms with E-state index in [2.05, 4.69) is 19.2 Å². The van der Waals surface area contributed by atoms with Gasteiger partial charge in [-0.05, 0) is 122 Å². The number of hydrogen-bond donors (Lipinski definition) is 8. The van der Waals surface area contributed by atoms with Gasteiger partial charge in [-0.1, -0.05) is 38.1 Å². The summed E-state index contributed by atoms with van der Waals surface area (Å²) in [6, 6.07) is 57.4. The van der Waals surface area contributed by atoms with Crippen molar-refractivity contribution < 1.29 is 121 Å². The number of nitrogen functional groups attached to an aromatic ring is 1. The first-order valence-corrected chi connectivity index (χ1v) is 40.9. The van der Waals surface area contributed by atoms with E-state index in [1.165, 1.54) is 60.7 Å². The summed E-state index contributed by atoms with van der Waals surface area (Å²) < 4.78 is 91.1. The molecule has 2 fully saturated rings. The lowest BCUT2D eigenvalue weighted by Crippen LogP contribution is -2.30. The van der Waals surface area contributed by atoms with Gasteiger partial charge in [-0.25, -0.2) is 0 Å². The Hall–Kier alpha value is -16.5. The maximum atomic E-state index is 10.8. The number of anilines is 1. The molecule has 0 bridgehead atoms. The third kappa shape index (κ3) is 32.1. The summed E-state index contributed by atoms with van der Waals surface area (Å²) in [6.45, 7) is 17.5. The van der Waals surface area contributed by atoms with Crippen molar-refractivity contribution in [1.82, 2.24) is 0 Å². The monoisotopic (exact) mass is 1820 g/mol. The van der Waals surface area contributed by atoms with Gasteiger partial charge in [0.1, 0.15) is 99.9 Å². The summed E-state index contributed by atoms with van der Waals surface area (Å²) in [6.07, 6.45) is 3.01. The first kappa shape index (κ1) is 102. The number of phenols is 3. The maximum absolute atomic E-state index is 10.8. The highest BCUT2D eigenvalue weighted by Crippen LogP contribution is 2.41. The number of aliphatic hydroxyl groups excluding tert-OH is 4. The number of nitriles is 9. The van der Waals surface area contributed by atoms with Gasteiger partial charge < -0.3 is 122 Å². The van der Waals surface area contributed by atoms with E-state index in [1.807, 2.05) is 62.4 Å². The third-order valence-corrected chi connectivity index (χ3v) is 18.7. The molecule has 0 amide bonds. The minimum Gasteiger partial charge on any atom is -0.508 e. The van der Waals surface area contributed by atoms with Gasteiger partial charge in [0.25, 0.3) is 5.69 Å². The van der Waals surface area contributed by atoms with Crippen LogP contribution in [-0.4, -0.2) is 183 Å². The molecule has 7 aliphatic heterocycles. The molecule has 0 aliphatic carbocycles. The summed E-state index contributed by atoms with van der Waals surface area (Å²) in [4.78, 5) is 10.2. The minimum absolute atomic E-state index is 0.00278. The average molecular weight is 1820 g/mol. The number of nitro benzene ring substituents is 1. The zero-order valence-corrected chi connectivity index (χ0v) is 72.3. The first-order chi connectivity index (χ1) is 64.3. The largest absolute Gasteiger partial charge is 0.508 e. The van der Waals surface area contributed by atoms with Crippen LogP contribution in [-0.2, 0) is 18.9 Å². The Balaban J connectivity index is 0.000000185. The zero-order chi connectivity index (χ0) is 96.1. The van der Waals surface area contributed by atoms with Crippen LogP contribution < -0.4 is 67.3 Å². The van der Waals surface area contributed by atoms with Crippen molar-refractivity contribution in [3.63, 3.8) is 0 Å². The second-order valence-electron chi connectivity index (χ2n) is 28.4. The molecular weight excluding hydrogens is 1720 g/mol.